The molecule has 0 unspecified atom stereocenters. The van der Waals surface area contributed by atoms with Gasteiger partial charge in [-0.05, 0) is 66.2 Å². The molecule has 0 saturated heterocycles. The number of halogens is 1. The van der Waals surface area contributed by atoms with Crippen LogP contribution in [0.3, 0.4) is 0 Å². The van der Waals surface area contributed by atoms with Gasteiger partial charge >= 0.3 is 0 Å². The van der Waals surface area contributed by atoms with Crippen molar-refractivity contribution in [1.29, 1.82) is 0 Å². The number of nitrogens with zero attached hydrogens (tertiary/aromatic N) is 1. The van der Waals surface area contributed by atoms with E-state index in [-0.39, 0.29) is 5.78 Å². The maximum absolute atomic E-state index is 11.4. The second-order valence-corrected chi connectivity index (χ2v) is 5.97. The summed E-state index contributed by atoms with van der Waals surface area (Å²) in [5.74, 6) is 0.988. The first-order valence-electron chi connectivity index (χ1n) is 6.67. The minimum atomic E-state index is 0.117. The lowest BCUT2D eigenvalue weighted by Gasteiger charge is -2.25. The molecule has 1 aliphatic carbocycles. The minimum absolute atomic E-state index is 0.117. The minimum Gasteiger partial charge on any atom is -0.370 e. The lowest BCUT2D eigenvalue weighted by molar-refractivity contribution is 0.101. The smallest absolute Gasteiger partial charge is 0.159 e. The Morgan fingerprint density at radius 1 is 1.44 bits per heavy atom. The highest BCUT2D eigenvalue weighted by molar-refractivity contribution is 9.10. The Balaban J connectivity index is 2.20. The van der Waals surface area contributed by atoms with E-state index in [2.05, 4.69) is 33.8 Å². The second kappa shape index (κ2) is 5.87. The van der Waals surface area contributed by atoms with Crippen molar-refractivity contribution in [1.82, 2.24) is 0 Å². The van der Waals surface area contributed by atoms with Gasteiger partial charge in [0.15, 0.2) is 5.78 Å². The molecule has 0 amide bonds. The van der Waals surface area contributed by atoms with E-state index in [0.717, 1.165) is 35.5 Å². The fourth-order valence-electron chi connectivity index (χ4n) is 2.17. The van der Waals surface area contributed by atoms with Crippen LogP contribution >= 0.6 is 15.9 Å². The molecule has 1 aromatic rings. The molecule has 1 fully saturated rings. The maximum Gasteiger partial charge on any atom is 0.159 e. The number of carbonyl (C=O) groups excluding carboxylic acids is 1. The molecule has 18 heavy (non-hydrogen) atoms. The quantitative estimate of drug-likeness (QED) is 0.731. The van der Waals surface area contributed by atoms with Crippen molar-refractivity contribution in [3.8, 4) is 0 Å². The van der Waals surface area contributed by atoms with Gasteiger partial charge in [0, 0.05) is 23.1 Å². The SMILES string of the molecule is CCCN(CC1CC1)c1ccc(C(C)=O)cc1Br. The van der Waals surface area contributed by atoms with Crippen molar-refractivity contribution in [3.63, 3.8) is 0 Å². The van der Waals surface area contributed by atoms with E-state index in [1.165, 1.54) is 18.5 Å². The average Bonchev–Trinajstić information content (AvgIpc) is 3.12. The van der Waals surface area contributed by atoms with Crippen LogP contribution < -0.4 is 4.90 Å². The number of anilines is 1. The lowest BCUT2D eigenvalue weighted by atomic mass is 10.1. The Hall–Kier alpha value is -0.830. The van der Waals surface area contributed by atoms with Crippen molar-refractivity contribution in [2.75, 3.05) is 18.0 Å². The molecule has 1 saturated carbocycles. The predicted octanol–water partition coefficient (Wildman–Crippen LogP) is 4.28. The summed E-state index contributed by atoms with van der Waals surface area (Å²) in [4.78, 5) is 13.8. The largest absolute Gasteiger partial charge is 0.370 e. The Labute approximate surface area is 117 Å². The van der Waals surface area contributed by atoms with Crippen LogP contribution in [0.5, 0.6) is 0 Å². The summed E-state index contributed by atoms with van der Waals surface area (Å²) in [7, 11) is 0. The molecular weight excluding hydrogens is 290 g/mol. The van der Waals surface area contributed by atoms with Gasteiger partial charge in [-0.3, -0.25) is 4.79 Å². The van der Waals surface area contributed by atoms with Crippen LogP contribution in [0.15, 0.2) is 22.7 Å². The molecule has 3 heteroatoms. The van der Waals surface area contributed by atoms with Gasteiger partial charge in [0.25, 0.3) is 0 Å². The molecule has 1 aromatic carbocycles. The third kappa shape index (κ3) is 3.35. The van der Waals surface area contributed by atoms with Crippen molar-refractivity contribution in [2.45, 2.75) is 33.1 Å². The number of hydrogen-bond acceptors (Lipinski definition) is 2. The van der Waals surface area contributed by atoms with E-state index in [1.807, 2.05) is 12.1 Å². The molecule has 98 valence electrons. The lowest BCUT2D eigenvalue weighted by Crippen LogP contribution is -2.26. The summed E-state index contributed by atoms with van der Waals surface area (Å²) in [6, 6.07) is 5.93. The van der Waals surface area contributed by atoms with Gasteiger partial charge in [-0.1, -0.05) is 6.92 Å². The summed E-state index contributed by atoms with van der Waals surface area (Å²) in [6.07, 6.45) is 3.88. The van der Waals surface area contributed by atoms with Gasteiger partial charge in [-0.2, -0.15) is 0 Å². The fraction of sp³-hybridized carbons (Fsp3) is 0.533. The van der Waals surface area contributed by atoms with Crippen LogP contribution in [-0.2, 0) is 0 Å². The Kier molecular flexibility index (Phi) is 4.44. The first-order valence-corrected chi connectivity index (χ1v) is 7.46. The number of benzene rings is 1. The van der Waals surface area contributed by atoms with E-state index in [1.54, 1.807) is 6.92 Å². The highest BCUT2D eigenvalue weighted by Crippen LogP contribution is 2.34. The number of carbonyl (C=O) groups is 1. The number of ketones is 1. The zero-order valence-corrected chi connectivity index (χ0v) is 12.7. The molecule has 2 rings (SSSR count). The Morgan fingerprint density at radius 2 is 2.17 bits per heavy atom. The van der Waals surface area contributed by atoms with Crippen molar-refractivity contribution in [3.05, 3.63) is 28.2 Å². The van der Waals surface area contributed by atoms with E-state index >= 15 is 0 Å². The third-order valence-electron chi connectivity index (χ3n) is 3.36. The summed E-state index contributed by atoms with van der Waals surface area (Å²) >= 11 is 3.60. The van der Waals surface area contributed by atoms with E-state index in [0.29, 0.717) is 0 Å². The number of hydrogen-bond donors (Lipinski definition) is 0. The first kappa shape index (κ1) is 13.6. The zero-order valence-electron chi connectivity index (χ0n) is 11.1. The van der Waals surface area contributed by atoms with Crippen LogP contribution in [0, 0.1) is 5.92 Å². The molecule has 0 N–H and O–H groups in total. The second-order valence-electron chi connectivity index (χ2n) is 5.11. The van der Waals surface area contributed by atoms with Gasteiger partial charge in [-0.25, -0.2) is 0 Å². The van der Waals surface area contributed by atoms with Gasteiger partial charge in [0.1, 0.15) is 0 Å². The molecule has 0 heterocycles. The zero-order chi connectivity index (χ0) is 13.1. The summed E-state index contributed by atoms with van der Waals surface area (Å²) in [5, 5.41) is 0. The fourth-order valence-corrected chi connectivity index (χ4v) is 2.80. The average molecular weight is 310 g/mol. The molecule has 0 atom stereocenters. The summed E-state index contributed by atoms with van der Waals surface area (Å²) in [5.41, 5.74) is 1.99. The monoisotopic (exact) mass is 309 g/mol. The first-order chi connectivity index (χ1) is 8.61. The number of rotatable bonds is 6. The standard InChI is InChI=1S/C15H20BrNO/c1-3-8-17(10-12-4-5-12)15-7-6-13(11(2)18)9-14(15)16/h6-7,9,12H,3-5,8,10H2,1-2H3. The van der Waals surface area contributed by atoms with Crippen LogP contribution in [0.25, 0.3) is 0 Å². The highest BCUT2D eigenvalue weighted by Gasteiger charge is 2.25. The molecule has 2 nitrogen and oxygen atoms in total. The van der Waals surface area contributed by atoms with Gasteiger partial charge in [0.2, 0.25) is 0 Å². The van der Waals surface area contributed by atoms with E-state index < -0.39 is 0 Å². The molecule has 0 spiro atoms. The predicted molar refractivity (Wildman–Crippen MR) is 79.4 cm³/mol. The highest BCUT2D eigenvalue weighted by atomic mass is 79.9. The van der Waals surface area contributed by atoms with Gasteiger partial charge < -0.3 is 4.90 Å². The molecular formula is C15H20BrNO. The third-order valence-corrected chi connectivity index (χ3v) is 4.00. The summed E-state index contributed by atoms with van der Waals surface area (Å²) in [6.45, 7) is 6.04. The number of Topliss-reactive ketones (excluding diaryl/α,β-unsaturated/α-hetero) is 1. The van der Waals surface area contributed by atoms with Crippen LogP contribution in [-0.4, -0.2) is 18.9 Å². The van der Waals surface area contributed by atoms with E-state index in [9.17, 15) is 4.79 Å². The molecule has 0 aromatic heterocycles. The molecule has 1 aliphatic rings. The van der Waals surface area contributed by atoms with Crippen LogP contribution in [0.4, 0.5) is 5.69 Å². The maximum atomic E-state index is 11.4. The van der Waals surface area contributed by atoms with E-state index in [4.69, 9.17) is 0 Å². The normalized spacial score (nSPS) is 14.6. The van der Waals surface area contributed by atoms with Crippen molar-refractivity contribution < 1.29 is 4.79 Å². The van der Waals surface area contributed by atoms with Gasteiger partial charge in [0.05, 0.1) is 5.69 Å². The topological polar surface area (TPSA) is 20.3 Å². The molecule has 0 bridgehead atoms. The van der Waals surface area contributed by atoms with Crippen LogP contribution in [0.2, 0.25) is 0 Å². The Bertz CT molecular complexity index is 440. The van der Waals surface area contributed by atoms with Crippen molar-refractivity contribution >= 4 is 27.4 Å². The van der Waals surface area contributed by atoms with Crippen molar-refractivity contribution in [2.24, 2.45) is 5.92 Å². The summed E-state index contributed by atoms with van der Waals surface area (Å²) < 4.78 is 1.03. The molecule has 0 radical (unpaired) electrons. The van der Waals surface area contributed by atoms with Gasteiger partial charge in [-0.15, -0.1) is 0 Å². The Morgan fingerprint density at radius 3 is 2.67 bits per heavy atom. The molecule has 0 aliphatic heterocycles. The van der Waals surface area contributed by atoms with Crippen LogP contribution in [0.1, 0.15) is 43.5 Å².